The highest BCUT2D eigenvalue weighted by molar-refractivity contribution is 7.80. The minimum Gasteiger partial charge on any atom is -0.507 e. The van der Waals surface area contributed by atoms with Crippen molar-refractivity contribution in [2.45, 2.75) is 38.6 Å². The van der Waals surface area contributed by atoms with Gasteiger partial charge in [-0.15, -0.1) is 0 Å². The molecule has 1 saturated carbocycles. The third-order valence-corrected chi connectivity index (χ3v) is 3.86. The van der Waals surface area contributed by atoms with Crippen LogP contribution in [0.4, 0.5) is 0 Å². The predicted molar refractivity (Wildman–Crippen MR) is 82.9 cm³/mol. The van der Waals surface area contributed by atoms with E-state index < -0.39 is 0 Å². The van der Waals surface area contributed by atoms with Crippen molar-refractivity contribution >= 4 is 23.1 Å². The molecule has 0 radical (unpaired) electrons. The van der Waals surface area contributed by atoms with Gasteiger partial charge >= 0.3 is 0 Å². The number of carbonyl (C=O) groups excluding carboxylic acids is 1. The molecule has 0 unspecified atom stereocenters. The zero-order chi connectivity index (χ0) is 14.7. The average Bonchev–Trinajstić information content (AvgIpc) is 2.91. The second-order valence-electron chi connectivity index (χ2n) is 5.36. The molecule has 0 heterocycles. The molecule has 0 aromatic heterocycles. The molecule has 1 aromatic rings. The first-order valence-corrected chi connectivity index (χ1v) is 7.28. The van der Waals surface area contributed by atoms with Crippen LogP contribution in [0.1, 0.15) is 41.6 Å². The minimum atomic E-state index is -0.189. The summed E-state index contributed by atoms with van der Waals surface area (Å²) in [5.41, 5.74) is 6.88. The lowest BCUT2D eigenvalue weighted by Gasteiger charge is -2.29. The van der Waals surface area contributed by atoms with E-state index in [0.717, 1.165) is 31.2 Å². The van der Waals surface area contributed by atoms with Crippen molar-refractivity contribution in [3.05, 3.63) is 29.3 Å². The highest BCUT2D eigenvalue weighted by atomic mass is 32.1. The zero-order valence-electron chi connectivity index (χ0n) is 11.6. The largest absolute Gasteiger partial charge is 0.507 e. The lowest BCUT2D eigenvalue weighted by molar-refractivity contribution is 0.0711. The Kier molecular flexibility index (Phi) is 4.60. The molecule has 0 saturated heterocycles. The van der Waals surface area contributed by atoms with E-state index in [-0.39, 0.29) is 24.2 Å². The number of aryl methyl sites for hydroxylation is 1. The van der Waals surface area contributed by atoms with Gasteiger partial charge in [0, 0.05) is 6.04 Å². The van der Waals surface area contributed by atoms with Crippen LogP contribution in [0.15, 0.2) is 18.2 Å². The first-order valence-electron chi connectivity index (χ1n) is 6.88. The summed E-state index contributed by atoms with van der Waals surface area (Å²) in [4.78, 5) is 14.7. The second-order valence-corrected chi connectivity index (χ2v) is 5.88. The molecule has 4 nitrogen and oxygen atoms in total. The molecule has 5 heteroatoms. The van der Waals surface area contributed by atoms with E-state index in [2.05, 4.69) is 0 Å². The fraction of sp³-hybridized carbons (Fsp3) is 0.467. The maximum atomic E-state index is 12.7. The van der Waals surface area contributed by atoms with Crippen molar-refractivity contribution in [1.29, 1.82) is 0 Å². The van der Waals surface area contributed by atoms with Crippen molar-refractivity contribution in [3.8, 4) is 5.75 Å². The minimum absolute atomic E-state index is 0.00605. The van der Waals surface area contributed by atoms with Gasteiger partial charge < -0.3 is 15.7 Å². The number of rotatable bonds is 4. The number of aromatic hydroxyl groups is 1. The van der Waals surface area contributed by atoms with E-state index >= 15 is 0 Å². The number of nitrogens with two attached hydrogens (primary N) is 1. The standard InChI is InChI=1S/C15H20N2O2S/c1-10-6-7-13(18)12(8-10)15(19)17(9-14(16)20)11-4-2-3-5-11/h6-8,11,18H,2-5,9H2,1H3,(H2,16,20). The van der Waals surface area contributed by atoms with Gasteiger partial charge in [-0.2, -0.15) is 0 Å². The van der Waals surface area contributed by atoms with Crippen LogP contribution >= 0.6 is 12.2 Å². The zero-order valence-corrected chi connectivity index (χ0v) is 12.4. The maximum absolute atomic E-state index is 12.7. The molecule has 0 atom stereocenters. The van der Waals surface area contributed by atoms with E-state index in [1.807, 2.05) is 6.92 Å². The Bertz CT molecular complexity index is 525. The average molecular weight is 292 g/mol. The number of benzene rings is 1. The van der Waals surface area contributed by atoms with Crippen molar-refractivity contribution in [2.24, 2.45) is 5.73 Å². The molecule has 108 valence electrons. The normalized spacial score (nSPS) is 15.2. The molecule has 1 aromatic carbocycles. The molecule has 20 heavy (non-hydrogen) atoms. The van der Waals surface area contributed by atoms with E-state index in [0.29, 0.717) is 10.6 Å². The molecule has 0 bridgehead atoms. The van der Waals surface area contributed by atoms with Crippen LogP contribution in [0.5, 0.6) is 5.75 Å². The van der Waals surface area contributed by atoms with Gasteiger partial charge in [-0.1, -0.05) is 36.7 Å². The van der Waals surface area contributed by atoms with Crippen molar-refractivity contribution in [3.63, 3.8) is 0 Å². The third kappa shape index (κ3) is 3.28. The number of phenols is 1. The van der Waals surface area contributed by atoms with Crippen molar-refractivity contribution < 1.29 is 9.90 Å². The summed E-state index contributed by atoms with van der Waals surface area (Å²) in [6, 6.07) is 5.21. The maximum Gasteiger partial charge on any atom is 0.258 e. The van der Waals surface area contributed by atoms with Gasteiger partial charge in [0.1, 0.15) is 5.75 Å². The third-order valence-electron chi connectivity index (χ3n) is 3.73. The Morgan fingerprint density at radius 2 is 2.10 bits per heavy atom. The van der Waals surface area contributed by atoms with Gasteiger partial charge in [0.15, 0.2) is 0 Å². The number of phenolic OH excluding ortho intramolecular Hbond substituents is 1. The number of hydrogen-bond donors (Lipinski definition) is 2. The molecular weight excluding hydrogens is 272 g/mol. The Morgan fingerprint density at radius 3 is 2.70 bits per heavy atom. The molecule has 0 spiro atoms. The highest BCUT2D eigenvalue weighted by Crippen LogP contribution is 2.27. The topological polar surface area (TPSA) is 66.6 Å². The van der Waals surface area contributed by atoms with Crippen LogP contribution < -0.4 is 5.73 Å². The molecule has 2 rings (SSSR count). The Morgan fingerprint density at radius 1 is 1.45 bits per heavy atom. The van der Waals surface area contributed by atoms with Crippen LogP contribution in [-0.2, 0) is 0 Å². The fourth-order valence-corrected chi connectivity index (χ4v) is 2.87. The van der Waals surface area contributed by atoms with Gasteiger partial charge in [0.05, 0.1) is 17.1 Å². The monoisotopic (exact) mass is 292 g/mol. The summed E-state index contributed by atoms with van der Waals surface area (Å²) in [6.07, 6.45) is 4.18. The van der Waals surface area contributed by atoms with Crippen LogP contribution in [0, 0.1) is 6.92 Å². The van der Waals surface area contributed by atoms with Crippen LogP contribution in [0.3, 0.4) is 0 Å². The lowest BCUT2D eigenvalue weighted by atomic mass is 10.1. The summed E-state index contributed by atoms with van der Waals surface area (Å²) >= 11 is 4.96. The second kappa shape index (κ2) is 6.22. The van der Waals surface area contributed by atoms with Crippen LogP contribution in [-0.4, -0.2) is 33.5 Å². The van der Waals surface area contributed by atoms with Gasteiger partial charge in [-0.05, 0) is 31.9 Å². The van der Waals surface area contributed by atoms with E-state index in [4.69, 9.17) is 18.0 Å². The Balaban J connectivity index is 2.29. The van der Waals surface area contributed by atoms with Crippen LogP contribution in [0.25, 0.3) is 0 Å². The first kappa shape index (κ1) is 14.8. The SMILES string of the molecule is Cc1ccc(O)c(C(=O)N(CC(N)=S)C2CCCC2)c1. The number of hydrogen-bond acceptors (Lipinski definition) is 3. The van der Waals surface area contributed by atoms with Crippen LogP contribution in [0.2, 0.25) is 0 Å². The Hall–Kier alpha value is -1.62. The summed E-state index contributed by atoms with van der Waals surface area (Å²) in [5.74, 6) is -0.183. The number of nitrogens with zero attached hydrogens (tertiary/aromatic N) is 1. The first-order chi connectivity index (χ1) is 9.49. The molecular formula is C15H20N2O2S. The quantitative estimate of drug-likeness (QED) is 0.836. The van der Waals surface area contributed by atoms with E-state index in [1.165, 1.54) is 0 Å². The summed E-state index contributed by atoms with van der Waals surface area (Å²) in [7, 11) is 0. The molecule has 1 amide bonds. The molecule has 3 N–H and O–H groups in total. The number of thiocarbonyl (C=S) groups is 1. The number of amides is 1. The van der Waals surface area contributed by atoms with Crippen molar-refractivity contribution in [1.82, 2.24) is 4.90 Å². The summed E-state index contributed by atoms with van der Waals surface area (Å²) in [6.45, 7) is 2.16. The molecule has 1 aliphatic carbocycles. The fourth-order valence-electron chi connectivity index (χ4n) is 2.73. The van der Waals surface area contributed by atoms with Gasteiger partial charge in [-0.25, -0.2) is 0 Å². The summed E-state index contributed by atoms with van der Waals surface area (Å²) in [5, 5.41) is 9.92. The number of carbonyl (C=O) groups is 1. The lowest BCUT2D eigenvalue weighted by Crippen LogP contribution is -2.43. The molecule has 0 aliphatic heterocycles. The van der Waals surface area contributed by atoms with E-state index in [1.54, 1.807) is 23.1 Å². The summed E-state index contributed by atoms with van der Waals surface area (Å²) < 4.78 is 0. The van der Waals surface area contributed by atoms with Gasteiger partial charge in [0.2, 0.25) is 0 Å². The molecule has 1 fully saturated rings. The Labute approximate surface area is 124 Å². The van der Waals surface area contributed by atoms with Gasteiger partial charge in [-0.3, -0.25) is 4.79 Å². The highest BCUT2D eigenvalue weighted by Gasteiger charge is 2.29. The molecule has 1 aliphatic rings. The van der Waals surface area contributed by atoms with E-state index in [9.17, 15) is 9.90 Å². The predicted octanol–water partition coefficient (Wildman–Crippen LogP) is 2.37. The van der Waals surface area contributed by atoms with Crippen molar-refractivity contribution in [2.75, 3.05) is 6.54 Å². The van der Waals surface area contributed by atoms with Gasteiger partial charge in [0.25, 0.3) is 5.91 Å². The smallest absolute Gasteiger partial charge is 0.258 e.